The Labute approximate surface area is 101 Å². The summed E-state index contributed by atoms with van der Waals surface area (Å²) < 4.78 is 5.48. The lowest BCUT2D eigenvalue weighted by Crippen LogP contribution is -2.48. The fourth-order valence-electron chi connectivity index (χ4n) is 2.62. The van der Waals surface area contributed by atoms with Crippen molar-refractivity contribution in [3.8, 4) is 0 Å². The van der Waals surface area contributed by atoms with Gasteiger partial charge in [-0.3, -0.25) is 9.59 Å². The maximum atomic E-state index is 12.3. The standard InChI is InChI=1S/C12H20N2O3/c1-8-10(5-6-17-8)14(2)12(16)9-3-4-11(15)13-7-9/h8-10H,3-7H2,1-2H3,(H,13,15). The summed E-state index contributed by atoms with van der Waals surface area (Å²) in [7, 11) is 1.84. The summed E-state index contributed by atoms with van der Waals surface area (Å²) in [6.07, 6.45) is 2.14. The van der Waals surface area contributed by atoms with Crippen LogP contribution in [0.3, 0.4) is 0 Å². The molecule has 3 atom stereocenters. The zero-order valence-electron chi connectivity index (χ0n) is 10.4. The predicted molar refractivity (Wildman–Crippen MR) is 62.3 cm³/mol. The van der Waals surface area contributed by atoms with Gasteiger partial charge in [0.05, 0.1) is 18.1 Å². The Hall–Kier alpha value is -1.10. The Morgan fingerprint density at radius 1 is 1.47 bits per heavy atom. The normalized spacial score (nSPS) is 33.3. The topological polar surface area (TPSA) is 58.6 Å². The second-order valence-electron chi connectivity index (χ2n) is 4.92. The predicted octanol–water partition coefficient (Wildman–Crippen LogP) is 0.148. The van der Waals surface area contributed by atoms with Crippen LogP contribution in [0.25, 0.3) is 0 Å². The Balaban J connectivity index is 1.92. The van der Waals surface area contributed by atoms with Gasteiger partial charge in [-0.2, -0.15) is 0 Å². The maximum Gasteiger partial charge on any atom is 0.227 e. The van der Waals surface area contributed by atoms with Crippen LogP contribution in [0.2, 0.25) is 0 Å². The van der Waals surface area contributed by atoms with E-state index in [0.717, 1.165) is 13.0 Å². The molecule has 3 unspecified atom stereocenters. The van der Waals surface area contributed by atoms with Crippen LogP contribution in [0.15, 0.2) is 0 Å². The van der Waals surface area contributed by atoms with Crippen LogP contribution in [0, 0.1) is 5.92 Å². The summed E-state index contributed by atoms with van der Waals surface area (Å²) in [5, 5.41) is 2.75. The molecule has 2 fully saturated rings. The lowest BCUT2D eigenvalue weighted by atomic mass is 9.96. The Bertz CT molecular complexity index is 309. The van der Waals surface area contributed by atoms with Crippen LogP contribution in [-0.2, 0) is 14.3 Å². The molecule has 0 saturated carbocycles. The van der Waals surface area contributed by atoms with E-state index in [9.17, 15) is 9.59 Å². The molecule has 2 aliphatic rings. The number of hydrogen-bond acceptors (Lipinski definition) is 3. The molecule has 0 spiro atoms. The largest absolute Gasteiger partial charge is 0.376 e. The van der Waals surface area contributed by atoms with Crippen molar-refractivity contribution in [2.45, 2.75) is 38.3 Å². The average Bonchev–Trinajstić information content (AvgIpc) is 2.74. The molecule has 2 amide bonds. The third-order valence-electron chi connectivity index (χ3n) is 3.80. The molecule has 0 radical (unpaired) electrons. The smallest absolute Gasteiger partial charge is 0.227 e. The van der Waals surface area contributed by atoms with Crippen LogP contribution in [-0.4, -0.2) is 49.1 Å². The van der Waals surface area contributed by atoms with E-state index in [1.807, 2.05) is 14.0 Å². The molecule has 5 nitrogen and oxygen atoms in total. The van der Waals surface area contributed by atoms with Gasteiger partial charge in [0.15, 0.2) is 0 Å². The minimum absolute atomic E-state index is 0.0503. The van der Waals surface area contributed by atoms with E-state index in [-0.39, 0.29) is 29.9 Å². The monoisotopic (exact) mass is 240 g/mol. The van der Waals surface area contributed by atoms with Gasteiger partial charge in [0, 0.05) is 26.6 Å². The number of amides is 2. The first-order valence-electron chi connectivity index (χ1n) is 6.24. The van der Waals surface area contributed by atoms with Crippen molar-refractivity contribution in [1.82, 2.24) is 10.2 Å². The molecule has 0 aromatic carbocycles. The molecule has 5 heteroatoms. The highest BCUT2D eigenvalue weighted by molar-refractivity contribution is 5.83. The van der Waals surface area contributed by atoms with Crippen molar-refractivity contribution in [2.75, 3.05) is 20.2 Å². The van der Waals surface area contributed by atoms with Gasteiger partial charge >= 0.3 is 0 Å². The molecule has 2 rings (SSSR count). The molecule has 0 aliphatic carbocycles. The minimum Gasteiger partial charge on any atom is -0.376 e. The minimum atomic E-state index is -0.0644. The number of hydrogen-bond donors (Lipinski definition) is 1. The van der Waals surface area contributed by atoms with E-state index < -0.39 is 0 Å². The molecule has 17 heavy (non-hydrogen) atoms. The molecule has 0 aromatic heterocycles. The quantitative estimate of drug-likeness (QED) is 0.747. The highest BCUT2D eigenvalue weighted by Crippen LogP contribution is 2.22. The third-order valence-corrected chi connectivity index (χ3v) is 3.80. The van der Waals surface area contributed by atoms with Gasteiger partial charge in [0.2, 0.25) is 11.8 Å². The molecular formula is C12H20N2O3. The van der Waals surface area contributed by atoms with E-state index in [0.29, 0.717) is 19.4 Å². The summed E-state index contributed by atoms with van der Waals surface area (Å²) >= 11 is 0. The first kappa shape index (κ1) is 12.4. The molecule has 2 aliphatic heterocycles. The van der Waals surface area contributed by atoms with Crippen molar-refractivity contribution >= 4 is 11.8 Å². The van der Waals surface area contributed by atoms with Gasteiger partial charge in [0.1, 0.15) is 0 Å². The van der Waals surface area contributed by atoms with Gasteiger partial charge in [-0.25, -0.2) is 0 Å². The highest BCUT2D eigenvalue weighted by Gasteiger charge is 2.34. The number of likely N-dealkylation sites (N-methyl/N-ethyl adjacent to an activating group) is 1. The number of piperidine rings is 1. The van der Waals surface area contributed by atoms with Crippen molar-refractivity contribution in [2.24, 2.45) is 5.92 Å². The highest BCUT2D eigenvalue weighted by atomic mass is 16.5. The molecule has 96 valence electrons. The van der Waals surface area contributed by atoms with E-state index in [4.69, 9.17) is 4.74 Å². The lowest BCUT2D eigenvalue weighted by Gasteiger charge is -2.31. The van der Waals surface area contributed by atoms with Gasteiger partial charge in [0.25, 0.3) is 0 Å². The van der Waals surface area contributed by atoms with Crippen LogP contribution < -0.4 is 5.32 Å². The molecule has 1 N–H and O–H groups in total. The first-order chi connectivity index (χ1) is 8.09. The number of nitrogens with one attached hydrogen (secondary N) is 1. The summed E-state index contributed by atoms with van der Waals surface area (Å²) in [5.74, 6) is 0.118. The van der Waals surface area contributed by atoms with Gasteiger partial charge in [-0.15, -0.1) is 0 Å². The van der Waals surface area contributed by atoms with Crippen molar-refractivity contribution in [1.29, 1.82) is 0 Å². The number of carbonyl (C=O) groups excluding carboxylic acids is 2. The van der Waals surface area contributed by atoms with Crippen LogP contribution in [0.1, 0.15) is 26.2 Å². The summed E-state index contributed by atoms with van der Waals surface area (Å²) in [6.45, 7) is 3.21. The number of rotatable bonds is 2. The molecule has 0 bridgehead atoms. The first-order valence-corrected chi connectivity index (χ1v) is 6.24. The van der Waals surface area contributed by atoms with Crippen LogP contribution in [0.5, 0.6) is 0 Å². The Morgan fingerprint density at radius 2 is 2.24 bits per heavy atom. The Kier molecular flexibility index (Phi) is 3.66. The van der Waals surface area contributed by atoms with Crippen molar-refractivity contribution < 1.29 is 14.3 Å². The van der Waals surface area contributed by atoms with Crippen LogP contribution in [0.4, 0.5) is 0 Å². The lowest BCUT2D eigenvalue weighted by molar-refractivity contribution is -0.139. The SMILES string of the molecule is CC1OCCC1N(C)C(=O)C1CCC(=O)NC1. The summed E-state index contributed by atoms with van der Waals surface area (Å²) in [6, 6.07) is 0.181. The van der Waals surface area contributed by atoms with E-state index >= 15 is 0 Å². The summed E-state index contributed by atoms with van der Waals surface area (Å²) in [5.41, 5.74) is 0. The maximum absolute atomic E-state index is 12.3. The molecule has 2 saturated heterocycles. The number of ether oxygens (including phenoxy) is 1. The van der Waals surface area contributed by atoms with Crippen molar-refractivity contribution in [3.63, 3.8) is 0 Å². The van der Waals surface area contributed by atoms with Crippen LogP contribution >= 0.6 is 0 Å². The van der Waals surface area contributed by atoms with E-state index in [2.05, 4.69) is 5.32 Å². The fraction of sp³-hybridized carbons (Fsp3) is 0.833. The zero-order chi connectivity index (χ0) is 12.4. The van der Waals surface area contributed by atoms with E-state index in [1.54, 1.807) is 4.90 Å². The summed E-state index contributed by atoms with van der Waals surface area (Å²) in [4.78, 5) is 25.1. The van der Waals surface area contributed by atoms with E-state index in [1.165, 1.54) is 0 Å². The molecule has 0 aromatic rings. The average molecular weight is 240 g/mol. The Morgan fingerprint density at radius 3 is 2.76 bits per heavy atom. The number of nitrogens with zero attached hydrogens (tertiary/aromatic N) is 1. The van der Waals surface area contributed by atoms with Crippen molar-refractivity contribution in [3.05, 3.63) is 0 Å². The third kappa shape index (κ3) is 2.60. The zero-order valence-corrected chi connectivity index (χ0v) is 10.4. The molecule has 2 heterocycles. The second kappa shape index (κ2) is 5.04. The number of carbonyl (C=O) groups is 2. The second-order valence-corrected chi connectivity index (χ2v) is 4.92. The van der Waals surface area contributed by atoms with Gasteiger partial charge < -0.3 is 15.0 Å². The van der Waals surface area contributed by atoms with Gasteiger partial charge in [-0.1, -0.05) is 0 Å². The fourth-order valence-corrected chi connectivity index (χ4v) is 2.62. The molecular weight excluding hydrogens is 220 g/mol. The van der Waals surface area contributed by atoms with Gasteiger partial charge in [-0.05, 0) is 19.8 Å².